The number of hydrogen-bond donors (Lipinski definition) is 2. The van der Waals surface area contributed by atoms with E-state index in [9.17, 15) is 23.1 Å². The molecule has 0 spiro atoms. The minimum atomic E-state index is -4.36. The molecule has 0 aliphatic carbocycles. The standard InChI is InChI=1S/C10H9ClF3NO2/c11-7-2-1-6(5-8(7)16)15-9(17)3-4-10(12,13)14/h1-2,5,16H,3-4H2,(H,15,17). The number of anilines is 1. The average Bonchev–Trinajstić information content (AvgIpc) is 2.20. The lowest BCUT2D eigenvalue weighted by molar-refractivity contribution is -0.142. The van der Waals surface area contributed by atoms with Crippen molar-refractivity contribution in [3.05, 3.63) is 23.2 Å². The molecule has 1 aromatic rings. The molecule has 1 amide bonds. The number of amides is 1. The molecule has 0 radical (unpaired) electrons. The predicted octanol–water partition coefficient (Wildman–Crippen LogP) is 3.33. The quantitative estimate of drug-likeness (QED) is 0.882. The van der Waals surface area contributed by atoms with Crippen molar-refractivity contribution < 1.29 is 23.1 Å². The van der Waals surface area contributed by atoms with Gasteiger partial charge in [-0.15, -0.1) is 0 Å². The molecule has 0 fully saturated rings. The molecule has 3 nitrogen and oxygen atoms in total. The van der Waals surface area contributed by atoms with Crippen molar-refractivity contribution in [1.29, 1.82) is 0 Å². The normalized spacial score (nSPS) is 11.3. The summed E-state index contributed by atoms with van der Waals surface area (Å²) in [5, 5.41) is 11.5. The Hall–Kier alpha value is -1.43. The molecular weight excluding hydrogens is 259 g/mol. The summed E-state index contributed by atoms with van der Waals surface area (Å²) >= 11 is 5.53. The molecule has 1 aromatic carbocycles. The van der Waals surface area contributed by atoms with Crippen LogP contribution in [-0.2, 0) is 4.79 Å². The summed E-state index contributed by atoms with van der Waals surface area (Å²) in [6.07, 6.45) is -6.20. The smallest absolute Gasteiger partial charge is 0.389 e. The Morgan fingerprint density at radius 3 is 2.59 bits per heavy atom. The molecule has 0 heterocycles. The first kappa shape index (κ1) is 13.6. The van der Waals surface area contributed by atoms with E-state index >= 15 is 0 Å². The Morgan fingerprint density at radius 2 is 2.06 bits per heavy atom. The monoisotopic (exact) mass is 267 g/mol. The third kappa shape index (κ3) is 4.95. The number of aromatic hydroxyl groups is 1. The van der Waals surface area contributed by atoms with Crippen LogP contribution in [-0.4, -0.2) is 17.2 Å². The second kappa shape index (κ2) is 5.27. The van der Waals surface area contributed by atoms with Gasteiger partial charge in [-0.1, -0.05) is 11.6 Å². The maximum Gasteiger partial charge on any atom is 0.389 e. The van der Waals surface area contributed by atoms with Gasteiger partial charge in [-0.3, -0.25) is 4.79 Å². The number of hydrogen-bond acceptors (Lipinski definition) is 2. The lowest BCUT2D eigenvalue weighted by Gasteiger charge is -2.08. The van der Waals surface area contributed by atoms with E-state index in [0.29, 0.717) is 0 Å². The van der Waals surface area contributed by atoms with Gasteiger partial charge in [0, 0.05) is 18.2 Å². The van der Waals surface area contributed by atoms with Crippen molar-refractivity contribution in [2.75, 3.05) is 5.32 Å². The minimum absolute atomic E-state index is 0.0956. The van der Waals surface area contributed by atoms with Gasteiger partial charge < -0.3 is 10.4 Å². The maximum absolute atomic E-state index is 11.8. The number of carbonyl (C=O) groups is 1. The Bertz CT molecular complexity index is 421. The van der Waals surface area contributed by atoms with E-state index in [1.165, 1.54) is 12.1 Å². The van der Waals surface area contributed by atoms with Gasteiger partial charge in [0.2, 0.25) is 5.91 Å². The molecule has 2 N–H and O–H groups in total. The minimum Gasteiger partial charge on any atom is -0.506 e. The molecule has 0 atom stereocenters. The zero-order valence-corrected chi connectivity index (χ0v) is 9.27. The van der Waals surface area contributed by atoms with E-state index in [0.717, 1.165) is 6.07 Å². The molecule has 0 aromatic heterocycles. The summed E-state index contributed by atoms with van der Waals surface area (Å²) < 4.78 is 35.5. The van der Waals surface area contributed by atoms with Crippen molar-refractivity contribution in [1.82, 2.24) is 0 Å². The largest absolute Gasteiger partial charge is 0.506 e. The topological polar surface area (TPSA) is 49.3 Å². The van der Waals surface area contributed by atoms with Gasteiger partial charge in [-0.2, -0.15) is 13.2 Å². The van der Waals surface area contributed by atoms with Crippen molar-refractivity contribution in [3.63, 3.8) is 0 Å². The number of alkyl halides is 3. The third-order valence-corrected chi connectivity index (χ3v) is 2.19. The lowest BCUT2D eigenvalue weighted by atomic mass is 10.2. The Balaban J connectivity index is 2.54. The van der Waals surface area contributed by atoms with Crippen LogP contribution in [0.5, 0.6) is 5.75 Å². The van der Waals surface area contributed by atoms with Crippen molar-refractivity contribution in [2.24, 2.45) is 0 Å². The van der Waals surface area contributed by atoms with E-state index in [1.54, 1.807) is 0 Å². The van der Waals surface area contributed by atoms with Crippen molar-refractivity contribution >= 4 is 23.2 Å². The fourth-order valence-corrected chi connectivity index (χ4v) is 1.19. The second-order valence-electron chi connectivity index (χ2n) is 3.33. The summed E-state index contributed by atoms with van der Waals surface area (Å²) in [5.74, 6) is -1.02. The Kier molecular flexibility index (Phi) is 4.22. The number of phenolic OH excluding ortho intramolecular Hbond substituents is 1. The van der Waals surface area contributed by atoms with Gasteiger partial charge in [0.1, 0.15) is 5.75 Å². The first-order chi connectivity index (χ1) is 7.78. The molecule has 17 heavy (non-hydrogen) atoms. The molecule has 0 saturated carbocycles. The maximum atomic E-state index is 11.8. The highest BCUT2D eigenvalue weighted by molar-refractivity contribution is 6.32. The third-order valence-electron chi connectivity index (χ3n) is 1.87. The summed E-state index contributed by atoms with van der Waals surface area (Å²) in [4.78, 5) is 11.1. The van der Waals surface area contributed by atoms with Crippen LogP contribution < -0.4 is 5.32 Å². The molecule has 0 aliphatic heterocycles. The first-order valence-corrected chi connectivity index (χ1v) is 5.01. The Labute approximate surface area is 100 Å². The molecule has 94 valence electrons. The van der Waals surface area contributed by atoms with E-state index < -0.39 is 24.9 Å². The highest BCUT2D eigenvalue weighted by Crippen LogP contribution is 2.26. The summed E-state index contributed by atoms with van der Waals surface area (Å²) in [6, 6.07) is 3.87. The van der Waals surface area contributed by atoms with Crippen LogP contribution in [0.1, 0.15) is 12.8 Å². The molecule has 0 unspecified atom stereocenters. The molecular formula is C10H9ClF3NO2. The van der Waals surface area contributed by atoms with Crippen molar-refractivity contribution in [3.8, 4) is 5.75 Å². The number of phenols is 1. The van der Waals surface area contributed by atoms with E-state index in [4.69, 9.17) is 11.6 Å². The summed E-state index contributed by atoms with van der Waals surface area (Å²) in [5.41, 5.74) is 0.194. The highest BCUT2D eigenvalue weighted by Gasteiger charge is 2.27. The van der Waals surface area contributed by atoms with E-state index in [1.807, 2.05) is 0 Å². The summed E-state index contributed by atoms with van der Waals surface area (Å²) in [7, 11) is 0. The van der Waals surface area contributed by atoms with E-state index in [-0.39, 0.29) is 16.5 Å². The summed E-state index contributed by atoms with van der Waals surface area (Å²) in [6.45, 7) is 0. The van der Waals surface area contributed by atoms with Crippen LogP contribution in [0.2, 0.25) is 5.02 Å². The molecule has 0 saturated heterocycles. The van der Waals surface area contributed by atoms with E-state index in [2.05, 4.69) is 5.32 Å². The van der Waals surface area contributed by atoms with Gasteiger partial charge in [-0.25, -0.2) is 0 Å². The van der Waals surface area contributed by atoms with Crippen LogP contribution in [0.4, 0.5) is 18.9 Å². The molecule has 0 bridgehead atoms. The molecule has 1 rings (SSSR count). The zero-order valence-electron chi connectivity index (χ0n) is 8.51. The van der Waals surface area contributed by atoms with Crippen LogP contribution in [0.15, 0.2) is 18.2 Å². The second-order valence-corrected chi connectivity index (χ2v) is 3.74. The van der Waals surface area contributed by atoms with Gasteiger partial charge in [0.05, 0.1) is 11.4 Å². The fourth-order valence-electron chi connectivity index (χ4n) is 1.07. The SMILES string of the molecule is O=C(CCC(F)(F)F)Nc1ccc(Cl)c(O)c1. The fraction of sp³-hybridized carbons (Fsp3) is 0.300. The van der Waals surface area contributed by atoms with Gasteiger partial charge in [0.25, 0.3) is 0 Å². The van der Waals surface area contributed by atoms with Crippen LogP contribution in [0.25, 0.3) is 0 Å². The number of nitrogens with one attached hydrogen (secondary N) is 1. The lowest BCUT2D eigenvalue weighted by Crippen LogP contribution is -2.16. The zero-order chi connectivity index (χ0) is 13.1. The number of benzene rings is 1. The van der Waals surface area contributed by atoms with Gasteiger partial charge >= 0.3 is 6.18 Å². The Morgan fingerprint density at radius 1 is 1.41 bits per heavy atom. The van der Waals surface area contributed by atoms with Crippen LogP contribution in [0, 0.1) is 0 Å². The van der Waals surface area contributed by atoms with Gasteiger partial charge in [0.15, 0.2) is 0 Å². The van der Waals surface area contributed by atoms with Crippen molar-refractivity contribution in [2.45, 2.75) is 19.0 Å². The van der Waals surface area contributed by atoms with Crippen LogP contribution >= 0.6 is 11.6 Å². The molecule has 0 aliphatic rings. The van der Waals surface area contributed by atoms with Crippen LogP contribution in [0.3, 0.4) is 0 Å². The predicted molar refractivity (Wildman–Crippen MR) is 57.0 cm³/mol. The first-order valence-electron chi connectivity index (χ1n) is 4.63. The average molecular weight is 268 g/mol. The molecule has 7 heteroatoms. The highest BCUT2D eigenvalue weighted by atomic mass is 35.5. The number of carbonyl (C=O) groups excluding carboxylic acids is 1. The number of rotatable bonds is 3. The van der Waals surface area contributed by atoms with Gasteiger partial charge in [-0.05, 0) is 12.1 Å². The number of halogens is 4.